The fraction of sp³-hybridized carbons (Fsp3) is 0.160. The van der Waals surface area contributed by atoms with Gasteiger partial charge in [0, 0.05) is 17.9 Å². The lowest BCUT2D eigenvalue weighted by molar-refractivity contribution is 0.0954. The molecule has 1 heterocycles. The van der Waals surface area contributed by atoms with Crippen LogP contribution in [-0.2, 0) is 12.2 Å². The summed E-state index contributed by atoms with van der Waals surface area (Å²) in [6.45, 7) is 0.562. The van der Waals surface area contributed by atoms with Crippen LogP contribution < -0.4 is 10.1 Å². The van der Waals surface area contributed by atoms with Gasteiger partial charge in [0.15, 0.2) is 8.29 Å². The monoisotopic (exact) mass is 493 g/mol. The molecule has 0 atom stereocenters. The minimum atomic E-state index is -0.101. The van der Waals surface area contributed by atoms with E-state index in [1.165, 1.54) is 16.9 Å². The molecule has 0 radical (unpaired) electrons. The van der Waals surface area contributed by atoms with Crippen molar-refractivity contribution in [1.29, 1.82) is 0 Å². The number of thioether (sulfide) groups is 1. The predicted molar refractivity (Wildman–Crippen MR) is 137 cm³/mol. The minimum Gasteiger partial charge on any atom is -0.497 e. The molecule has 0 unspecified atom stereocenters. The van der Waals surface area contributed by atoms with E-state index >= 15 is 0 Å². The van der Waals surface area contributed by atoms with Crippen molar-refractivity contribution in [2.75, 3.05) is 13.7 Å². The zero-order valence-electron chi connectivity index (χ0n) is 18.1. The van der Waals surface area contributed by atoms with Crippen LogP contribution in [0.3, 0.4) is 0 Å². The first-order chi connectivity index (χ1) is 16.1. The van der Waals surface area contributed by atoms with Crippen LogP contribution in [0.2, 0.25) is 0 Å². The predicted octanol–water partition coefficient (Wildman–Crippen LogP) is 5.94. The molecule has 168 valence electrons. The van der Waals surface area contributed by atoms with E-state index in [0.717, 1.165) is 33.5 Å². The number of nitrogens with one attached hydrogen (secondary N) is 1. The lowest BCUT2D eigenvalue weighted by Gasteiger charge is -2.07. The SMILES string of the molecule is COc1ccc(CCNC(=O)c2ccc(-n3nc(SCc4ccccc4)sc3=S)cc2)cc1. The third kappa shape index (κ3) is 6.31. The summed E-state index contributed by atoms with van der Waals surface area (Å²) in [7, 11) is 1.65. The second-order valence-electron chi connectivity index (χ2n) is 7.22. The van der Waals surface area contributed by atoms with Crippen molar-refractivity contribution in [2.45, 2.75) is 16.5 Å². The molecule has 0 aliphatic carbocycles. The maximum Gasteiger partial charge on any atom is 0.251 e. The molecule has 8 heteroatoms. The van der Waals surface area contributed by atoms with Crippen LogP contribution in [0, 0.1) is 3.95 Å². The molecule has 33 heavy (non-hydrogen) atoms. The molecule has 4 rings (SSSR count). The lowest BCUT2D eigenvalue weighted by atomic mass is 10.1. The number of nitrogens with zero attached hydrogens (tertiary/aromatic N) is 2. The Morgan fingerprint density at radius 3 is 2.45 bits per heavy atom. The molecule has 0 saturated carbocycles. The van der Waals surface area contributed by atoms with Gasteiger partial charge in [-0.25, -0.2) is 4.68 Å². The quantitative estimate of drug-likeness (QED) is 0.231. The summed E-state index contributed by atoms with van der Waals surface area (Å²) in [5.74, 6) is 1.57. The van der Waals surface area contributed by atoms with Gasteiger partial charge in [-0.05, 0) is 66.2 Å². The van der Waals surface area contributed by atoms with Gasteiger partial charge in [0.05, 0.1) is 12.8 Å². The van der Waals surface area contributed by atoms with Gasteiger partial charge in [-0.2, -0.15) is 0 Å². The zero-order chi connectivity index (χ0) is 23.0. The largest absolute Gasteiger partial charge is 0.497 e. The summed E-state index contributed by atoms with van der Waals surface area (Å²) in [4.78, 5) is 12.5. The number of methoxy groups -OCH3 is 1. The van der Waals surface area contributed by atoms with Crippen LogP contribution in [0.5, 0.6) is 5.75 Å². The van der Waals surface area contributed by atoms with Gasteiger partial charge in [-0.3, -0.25) is 4.79 Å². The molecular weight excluding hydrogens is 470 g/mol. The van der Waals surface area contributed by atoms with E-state index in [1.54, 1.807) is 35.7 Å². The Morgan fingerprint density at radius 2 is 1.76 bits per heavy atom. The summed E-state index contributed by atoms with van der Waals surface area (Å²) in [6, 6.07) is 25.5. The number of amides is 1. The summed E-state index contributed by atoms with van der Waals surface area (Å²) in [5, 5.41) is 7.62. The Bertz CT molecular complexity index is 1250. The van der Waals surface area contributed by atoms with E-state index in [0.29, 0.717) is 16.1 Å². The highest BCUT2D eigenvalue weighted by atomic mass is 32.2. The Balaban J connectivity index is 1.33. The van der Waals surface area contributed by atoms with Crippen LogP contribution in [0.1, 0.15) is 21.5 Å². The first kappa shape index (κ1) is 23.2. The van der Waals surface area contributed by atoms with E-state index in [2.05, 4.69) is 22.5 Å². The summed E-state index contributed by atoms with van der Waals surface area (Å²) in [6.07, 6.45) is 0.755. The van der Waals surface area contributed by atoms with Crippen molar-refractivity contribution in [2.24, 2.45) is 0 Å². The lowest BCUT2D eigenvalue weighted by Crippen LogP contribution is -2.25. The molecule has 1 aromatic heterocycles. The number of rotatable bonds is 9. The van der Waals surface area contributed by atoms with Gasteiger partial charge < -0.3 is 10.1 Å². The molecule has 0 bridgehead atoms. The van der Waals surface area contributed by atoms with E-state index in [4.69, 9.17) is 17.0 Å². The first-order valence-electron chi connectivity index (χ1n) is 10.4. The molecule has 0 spiro atoms. The molecule has 0 fully saturated rings. The number of hydrogen-bond acceptors (Lipinski definition) is 6. The van der Waals surface area contributed by atoms with E-state index in [-0.39, 0.29) is 5.91 Å². The Morgan fingerprint density at radius 1 is 1.03 bits per heavy atom. The molecule has 4 aromatic rings. The third-order valence-electron chi connectivity index (χ3n) is 4.97. The van der Waals surface area contributed by atoms with Crippen molar-refractivity contribution in [3.05, 3.63) is 99.5 Å². The number of benzene rings is 3. The van der Waals surface area contributed by atoms with Crippen molar-refractivity contribution in [3.63, 3.8) is 0 Å². The van der Waals surface area contributed by atoms with Crippen LogP contribution in [0.4, 0.5) is 0 Å². The van der Waals surface area contributed by atoms with Crippen LogP contribution >= 0.6 is 35.3 Å². The second kappa shape index (κ2) is 11.3. The molecule has 0 aliphatic heterocycles. The first-order valence-corrected chi connectivity index (χ1v) is 12.6. The van der Waals surface area contributed by atoms with Crippen LogP contribution in [0.25, 0.3) is 5.69 Å². The standard InChI is InChI=1S/C25H23N3O2S3/c1-30-22-13-7-18(8-14-22)15-16-26-23(29)20-9-11-21(12-10-20)28-25(31)33-24(27-28)32-17-19-5-3-2-4-6-19/h2-14H,15-17H2,1H3,(H,26,29). The Hall–Kier alpha value is -2.94. The fourth-order valence-electron chi connectivity index (χ4n) is 3.17. The van der Waals surface area contributed by atoms with Crippen molar-refractivity contribution >= 4 is 41.2 Å². The van der Waals surface area contributed by atoms with Gasteiger partial charge >= 0.3 is 0 Å². The highest BCUT2D eigenvalue weighted by Gasteiger charge is 2.09. The summed E-state index contributed by atoms with van der Waals surface area (Å²) < 4.78 is 8.52. The topological polar surface area (TPSA) is 56.1 Å². The van der Waals surface area contributed by atoms with Crippen molar-refractivity contribution < 1.29 is 9.53 Å². The molecule has 0 saturated heterocycles. The van der Waals surface area contributed by atoms with Crippen LogP contribution in [-0.4, -0.2) is 29.3 Å². The minimum absolute atomic E-state index is 0.101. The number of ether oxygens (including phenoxy) is 1. The Kier molecular flexibility index (Phi) is 7.93. The maximum atomic E-state index is 12.5. The number of carbonyl (C=O) groups excluding carboxylic acids is 1. The van der Waals surface area contributed by atoms with Gasteiger partial charge in [0.2, 0.25) is 0 Å². The van der Waals surface area contributed by atoms with Gasteiger partial charge in [-0.15, -0.1) is 5.10 Å². The average Bonchev–Trinajstić information content (AvgIpc) is 3.24. The highest BCUT2D eigenvalue weighted by Crippen LogP contribution is 2.27. The second-order valence-corrected chi connectivity index (χ2v) is 10.1. The van der Waals surface area contributed by atoms with E-state index < -0.39 is 0 Å². The molecule has 1 amide bonds. The molecule has 3 aromatic carbocycles. The maximum absolute atomic E-state index is 12.5. The van der Waals surface area contributed by atoms with Crippen molar-refractivity contribution in [3.8, 4) is 11.4 Å². The number of carbonyl (C=O) groups is 1. The van der Waals surface area contributed by atoms with Gasteiger partial charge in [0.1, 0.15) is 5.75 Å². The summed E-state index contributed by atoms with van der Waals surface area (Å²) >= 11 is 8.67. The number of hydrogen-bond donors (Lipinski definition) is 1. The Labute approximate surface area is 206 Å². The smallest absolute Gasteiger partial charge is 0.251 e. The molecular formula is C25H23N3O2S3. The molecule has 0 aliphatic rings. The zero-order valence-corrected chi connectivity index (χ0v) is 20.5. The summed E-state index contributed by atoms with van der Waals surface area (Å²) in [5.41, 5.74) is 3.84. The van der Waals surface area contributed by atoms with Gasteiger partial charge in [0.25, 0.3) is 5.91 Å². The van der Waals surface area contributed by atoms with E-state index in [9.17, 15) is 4.79 Å². The van der Waals surface area contributed by atoms with Gasteiger partial charge in [-0.1, -0.05) is 65.6 Å². The molecule has 5 nitrogen and oxygen atoms in total. The van der Waals surface area contributed by atoms with Crippen molar-refractivity contribution in [1.82, 2.24) is 15.1 Å². The van der Waals surface area contributed by atoms with Crippen LogP contribution in [0.15, 0.2) is 83.2 Å². The third-order valence-corrected chi connectivity index (χ3v) is 7.40. The average molecular weight is 494 g/mol. The van der Waals surface area contributed by atoms with E-state index in [1.807, 2.05) is 54.6 Å². The fourth-order valence-corrected chi connectivity index (χ4v) is 5.49. The highest BCUT2D eigenvalue weighted by molar-refractivity contribution is 8.00. The number of aromatic nitrogens is 2. The normalized spacial score (nSPS) is 10.7. The molecule has 1 N–H and O–H groups in total.